The van der Waals surface area contributed by atoms with E-state index in [-0.39, 0.29) is 16.7 Å². The molecule has 1 aromatic carbocycles. The van der Waals surface area contributed by atoms with Crippen molar-refractivity contribution < 1.29 is 9.72 Å². The predicted molar refractivity (Wildman–Crippen MR) is 80.6 cm³/mol. The summed E-state index contributed by atoms with van der Waals surface area (Å²) in [7, 11) is 0. The van der Waals surface area contributed by atoms with E-state index in [1.165, 1.54) is 12.1 Å². The van der Waals surface area contributed by atoms with Crippen LogP contribution in [0.3, 0.4) is 0 Å². The number of amides is 1. The van der Waals surface area contributed by atoms with Crippen LogP contribution in [-0.2, 0) is 4.79 Å². The zero-order valence-corrected chi connectivity index (χ0v) is 12.0. The third-order valence-corrected chi connectivity index (χ3v) is 2.65. The number of nitro groups is 1. The molecule has 0 heterocycles. The smallest absolute Gasteiger partial charge is 0.269 e. The fourth-order valence-corrected chi connectivity index (χ4v) is 1.72. The lowest BCUT2D eigenvalue weighted by Crippen LogP contribution is -2.46. The van der Waals surface area contributed by atoms with Gasteiger partial charge in [0.25, 0.3) is 5.69 Å². The van der Waals surface area contributed by atoms with Gasteiger partial charge in [-0.05, 0) is 38.2 Å². The van der Waals surface area contributed by atoms with Gasteiger partial charge in [-0.2, -0.15) is 0 Å². The number of non-ortho nitro benzene ring substituents is 1. The highest BCUT2D eigenvalue weighted by Gasteiger charge is 2.12. The fraction of sp³-hybridized carbons (Fsp3) is 0.333. The molecule has 0 aromatic heterocycles. The van der Waals surface area contributed by atoms with E-state index < -0.39 is 11.0 Å². The summed E-state index contributed by atoms with van der Waals surface area (Å²) in [6.45, 7) is 4.07. The summed E-state index contributed by atoms with van der Waals surface area (Å²) in [5.74, 6) is -0.152. The van der Waals surface area contributed by atoms with Crippen molar-refractivity contribution in [3.8, 4) is 0 Å². The lowest BCUT2D eigenvalue weighted by atomic mass is 10.3. The SMILES string of the molecule is CCNC(=O)[C@H](C)NC(=S)Nc1ccc([N+](=O)[O-])cc1. The van der Waals surface area contributed by atoms with Crippen LogP contribution in [0.4, 0.5) is 11.4 Å². The largest absolute Gasteiger partial charge is 0.355 e. The van der Waals surface area contributed by atoms with Gasteiger partial charge < -0.3 is 16.0 Å². The Morgan fingerprint density at radius 2 is 2.00 bits per heavy atom. The number of nitro benzene ring substituents is 1. The highest BCUT2D eigenvalue weighted by molar-refractivity contribution is 7.80. The van der Waals surface area contributed by atoms with Gasteiger partial charge in [0.2, 0.25) is 5.91 Å². The standard InChI is InChI=1S/C12H16N4O3S/c1-3-13-11(17)8(2)14-12(20)15-9-4-6-10(7-5-9)16(18)19/h4-8H,3H2,1-2H3,(H,13,17)(H2,14,15,20)/t8-/m0/s1. The van der Waals surface area contributed by atoms with Gasteiger partial charge >= 0.3 is 0 Å². The van der Waals surface area contributed by atoms with E-state index >= 15 is 0 Å². The third-order valence-electron chi connectivity index (χ3n) is 2.43. The summed E-state index contributed by atoms with van der Waals surface area (Å²) in [4.78, 5) is 21.6. The molecule has 8 heteroatoms. The van der Waals surface area contributed by atoms with Gasteiger partial charge in [-0.1, -0.05) is 0 Å². The Balaban J connectivity index is 2.54. The van der Waals surface area contributed by atoms with E-state index in [2.05, 4.69) is 16.0 Å². The van der Waals surface area contributed by atoms with Gasteiger partial charge in [0.1, 0.15) is 6.04 Å². The molecule has 0 aliphatic rings. The Morgan fingerprint density at radius 1 is 1.40 bits per heavy atom. The number of carbonyl (C=O) groups is 1. The first-order valence-corrected chi connectivity index (χ1v) is 6.44. The minimum atomic E-state index is -0.475. The van der Waals surface area contributed by atoms with E-state index in [0.717, 1.165) is 0 Å². The number of benzene rings is 1. The summed E-state index contributed by atoms with van der Waals surface area (Å²) in [6, 6.07) is 5.37. The molecule has 0 spiro atoms. The molecule has 0 unspecified atom stereocenters. The first kappa shape index (κ1) is 15.8. The molecule has 20 heavy (non-hydrogen) atoms. The number of likely N-dealkylation sites (N-methyl/N-ethyl adjacent to an activating group) is 1. The number of rotatable bonds is 5. The minimum absolute atomic E-state index is 0.00474. The molecule has 108 valence electrons. The average molecular weight is 296 g/mol. The molecule has 0 aliphatic carbocycles. The van der Waals surface area contributed by atoms with E-state index in [1.54, 1.807) is 19.1 Å². The van der Waals surface area contributed by atoms with Crippen LogP contribution < -0.4 is 16.0 Å². The third kappa shape index (κ3) is 4.81. The van der Waals surface area contributed by atoms with Gasteiger partial charge in [0.05, 0.1) is 4.92 Å². The molecule has 1 rings (SSSR count). The monoisotopic (exact) mass is 296 g/mol. The lowest BCUT2D eigenvalue weighted by Gasteiger charge is -2.16. The Kier molecular flexibility index (Phi) is 5.85. The predicted octanol–water partition coefficient (Wildman–Crippen LogP) is 1.41. The highest BCUT2D eigenvalue weighted by atomic mass is 32.1. The molecule has 3 N–H and O–H groups in total. The first-order chi connectivity index (χ1) is 9.43. The van der Waals surface area contributed by atoms with Gasteiger partial charge in [-0.15, -0.1) is 0 Å². The molecular weight excluding hydrogens is 280 g/mol. The van der Waals surface area contributed by atoms with E-state index in [1.807, 2.05) is 6.92 Å². The second-order valence-corrected chi connectivity index (χ2v) is 4.43. The van der Waals surface area contributed by atoms with Crippen LogP contribution in [-0.4, -0.2) is 28.5 Å². The molecule has 0 saturated carbocycles. The molecule has 0 aliphatic heterocycles. The summed E-state index contributed by atoms with van der Waals surface area (Å²) in [5.41, 5.74) is 0.612. The van der Waals surface area contributed by atoms with Gasteiger partial charge in [-0.3, -0.25) is 14.9 Å². The Labute approximate surface area is 121 Å². The van der Waals surface area contributed by atoms with Gasteiger partial charge in [0, 0.05) is 24.4 Å². The van der Waals surface area contributed by atoms with Crippen molar-refractivity contribution in [2.75, 3.05) is 11.9 Å². The maximum Gasteiger partial charge on any atom is 0.269 e. The lowest BCUT2D eigenvalue weighted by molar-refractivity contribution is -0.384. The fourth-order valence-electron chi connectivity index (χ4n) is 1.42. The van der Waals surface area contributed by atoms with Crippen LogP contribution in [0.2, 0.25) is 0 Å². The molecular formula is C12H16N4O3S. The van der Waals surface area contributed by atoms with Crippen molar-refractivity contribution in [3.63, 3.8) is 0 Å². The highest BCUT2D eigenvalue weighted by Crippen LogP contribution is 2.15. The van der Waals surface area contributed by atoms with Crippen molar-refractivity contribution in [1.82, 2.24) is 10.6 Å². The molecule has 1 aromatic rings. The van der Waals surface area contributed by atoms with Crippen LogP contribution >= 0.6 is 12.2 Å². The molecule has 0 saturated heterocycles. The van der Waals surface area contributed by atoms with Crippen molar-refractivity contribution in [2.45, 2.75) is 19.9 Å². The average Bonchev–Trinajstić information content (AvgIpc) is 2.39. The number of nitrogens with zero attached hydrogens (tertiary/aromatic N) is 1. The summed E-state index contributed by atoms with van der Waals surface area (Å²) >= 11 is 5.06. The second-order valence-electron chi connectivity index (χ2n) is 4.02. The number of thiocarbonyl (C=S) groups is 1. The van der Waals surface area contributed by atoms with Crippen molar-refractivity contribution in [3.05, 3.63) is 34.4 Å². The van der Waals surface area contributed by atoms with Crippen LogP contribution in [0, 0.1) is 10.1 Å². The first-order valence-electron chi connectivity index (χ1n) is 6.03. The second kappa shape index (κ2) is 7.39. The Hall–Kier alpha value is -2.22. The van der Waals surface area contributed by atoms with E-state index in [0.29, 0.717) is 12.2 Å². The normalized spacial score (nSPS) is 11.3. The maximum atomic E-state index is 11.5. The van der Waals surface area contributed by atoms with Gasteiger partial charge in [0.15, 0.2) is 5.11 Å². The van der Waals surface area contributed by atoms with Crippen LogP contribution in [0.5, 0.6) is 0 Å². The maximum absolute atomic E-state index is 11.5. The van der Waals surface area contributed by atoms with Crippen LogP contribution in [0.1, 0.15) is 13.8 Å². The summed E-state index contributed by atoms with van der Waals surface area (Å²) < 4.78 is 0. The number of hydrogen-bond acceptors (Lipinski definition) is 4. The Morgan fingerprint density at radius 3 is 2.50 bits per heavy atom. The summed E-state index contributed by atoms with van der Waals surface area (Å²) in [5, 5.41) is 19.1. The minimum Gasteiger partial charge on any atom is -0.355 e. The van der Waals surface area contributed by atoms with Crippen LogP contribution in [0.25, 0.3) is 0 Å². The van der Waals surface area contributed by atoms with Crippen molar-refractivity contribution in [1.29, 1.82) is 0 Å². The Bertz CT molecular complexity index is 504. The molecule has 0 fully saturated rings. The number of nitrogens with one attached hydrogen (secondary N) is 3. The number of anilines is 1. The van der Waals surface area contributed by atoms with Crippen LogP contribution in [0.15, 0.2) is 24.3 Å². The molecule has 1 amide bonds. The van der Waals surface area contributed by atoms with E-state index in [9.17, 15) is 14.9 Å². The van der Waals surface area contributed by atoms with Gasteiger partial charge in [-0.25, -0.2) is 0 Å². The summed E-state index contributed by atoms with van der Waals surface area (Å²) in [6.07, 6.45) is 0. The van der Waals surface area contributed by atoms with Crippen molar-refractivity contribution >= 4 is 34.6 Å². The molecule has 7 nitrogen and oxygen atoms in total. The number of carbonyl (C=O) groups excluding carboxylic acids is 1. The molecule has 0 bridgehead atoms. The zero-order valence-electron chi connectivity index (χ0n) is 11.2. The molecule has 0 radical (unpaired) electrons. The molecule has 1 atom stereocenters. The van der Waals surface area contributed by atoms with Crippen molar-refractivity contribution in [2.24, 2.45) is 0 Å². The quantitative estimate of drug-likeness (QED) is 0.432. The zero-order chi connectivity index (χ0) is 15.1. The number of hydrogen-bond donors (Lipinski definition) is 3. The van der Waals surface area contributed by atoms with E-state index in [4.69, 9.17) is 12.2 Å². The topological polar surface area (TPSA) is 96.3 Å².